The number of nitrogens with two attached hydrogens (primary N) is 1. The number of nitrogen functional groups attached to an aromatic ring is 1. The molecule has 1 saturated heterocycles. The van der Waals surface area contributed by atoms with Gasteiger partial charge in [0.15, 0.2) is 35.0 Å². The van der Waals surface area contributed by atoms with Crippen LogP contribution in [0.4, 0.5) is 20.5 Å². The predicted molar refractivity (Wildman–Crippen MR) is 148 cm³/mol. The lowest BCUT2D eigenvalue weighted by Gasteiger charge is -2.28. The molecule has 1 aliphatic heterocycles. The average molecular weight is 614 g/mol. The van der Waals surface area contributed by atoms with Crippen LogP contribution < -0.4 is 20.7 Å². The zero-order valence-electron chi connectivity index (χ0n) is 23.7. The quantitative estimate of drug-likeness (QED) is 0.173. The van der Waals surface area contributed by atoms with Gasteiger partial charge in [-0.1, -0.05) is 18.2 Å². The van der Waals surface area contributed by atoms with Crippen molar-refractivity contribution in [2.24, 2.45) is 0 Å². The number of nitrogens with one attached hydrogen (secondary N) is 2. The Bertz CT molecular complexity index is 1460. The van der Waals surface area contributed by atoms with Gasteiger partial charge >= 0.3 is 13.7 Å². The van der Waals surface area contributed by atoms with Crippen LogP contribution in [0.3, 0.4) is 0 Å². The fourth-order valence-electron chi connectivity index (χ4n) is 4.27. The number of anilines is 2. The van der Waals surface area contributed by atoms with Gasteiger partial charge in [0, 0.05) is 6.54 Å². The van der Waals surface area contributed by atoms with Crippen LogP contribution in [-0.2, 0) is 23.4 Å². The number of rotatable bonds is 12. The normalized spacial score (nSPS) is 26.2. The van der Waals surface area contributed by atoms with Gasteiger partial charge < -0.3 is 30.2 Å². The van der Waals surface area contributed by atoms with Gasteiger partial charge in [0.05, 0.1) is 12.4 Å². The number of ether oxygens (including phenoxy) is 2. The highest BCUT2D eigenvalue weighted by atomic mass is 31.2. The maximum atomic E-state index is 16.2. The number of carbonyl (C=O) groups is 1. The summed E-state index contributed by atoms with van der Waals surface area (Å²) in [5.74, 6) is -3.86. The molecular formula is C25H34F2N7O7P. The van der Waals surface area contributed by atoms with Crippen molar-refractivity contribution in [3.05, 3.63) is 36.7 Å². The number of imidazole rings is 1. The molecule has 3 aromatic rings. The zero-order chi connectivity index (χ0) is 30.9. The van der Waals surface area contributed by atoms with Crippen molar-refractivity contribution in [2.45, 2.75) is 70.6 Å². The molecule has 14 nitrogen and oxygen atoms in total. The number of hydrogen-bond donors (Lipinski definition) is 4. The van der Waals surface area contributed by atoms with E-state index in [1.165, 1.54) is 19.1 Å². The first kappa shape index (κ1) is 31.5. The number of aliphatic hydroxyl groups is 1. The van der Waals surface area contributed by atoms with Crippen LogP contribution in [0.1, 0.15) is 40.8 Å². The van der Waals surface area contributed by atoms with Gasteiger partial charge in [0.25, 0.3) is 5.85 Å². The molecule has 0 spiro atoms. The molecule has 0 unspecified atom stereocenters. The number of aromatic nitrogens is 4. The van der Waals surface area contributed by atoms with Gasteiger partial charge in [-0.2, -0.15) is 15.1 Å². The van der Waals surface area contributed by atoms with E-state index in [1.807, 2.05) is 6.92 Å². The number of carbonyl (C=O) groups excluding carboxylic acids is 1. The van der Waals surface area contributed by atoms with E-state index in [1.54, 1.807) is 32.0 Å². The molecule has 3 heterocycles. The van der Waals surface area contributed by atoms with E-state index in [0.717, 1.165) is 17.8 Å². The predicted octanol–water partition coefficient (Wildman–Crippen LogP) is 3.26. The van der Waals surface area contributed by atoms with E-state index >= 15 is 8.78 Å². The molecule has 6 atom stereocenters. The Hall–Kier alpha value is -3.43. The van der Waals surface area contributed by atoms with E-state index in [2.05, 4.69) is 25.4 Å². The Balaban J connectivity index is 1.61. The van der Waals surface area contributed by atoms with Crippen LogP contribution in [0.25, 0.3) is 11.2 Å². The number of alkyl halides is 2. The summed E-state index contributed by atoms with van der Waals surface area (Å²) >= 11 is 0. The minimum atomic E-state index is -4.57. The summed E-state index contributed by atoms with van der Waals surface area (Å²) in [7, 11) is -4.57. The van der Waals surface area contributed by atoms with E-state index in [4.69, 9.17) is 24.3 Å². The van der Waals surface area contributed by atoms with Gasteiger partial charge in [-0.25, -0.2) is 18.3 Å². The van der Waals surface area contributed by atoms with E-state index in [0.29, 0.717) is 6.54 Å². The van der Waals surface area contributed by atoms with Crippen LogP contribution in [0.15, 0.2) is 36.7 Å². The first-order chi connectivity index (χ1) is 19.7. The monoisotopic (exact) mass is 613 g/mol. The number of benzene rings is 1. The fraction of sp³-hybridized carbons (Fsp3) is 0.520. The molecule has 0 radical (unpaired) electrons. The van der Waals surface area contributed by atoms with E-state index < -0.39 is 56.3 Å². The first-order valence-electron chi connectivity index (χ1n) is 13.1. The minimum absolute atomic E-state index is 0.0157. The molecule has 0 saturated carbocycles. The maximum absolute atomic E-state index is 16.2. The molecule has 1 fully saturated rings. The molecule has 17 heteroatoms. The van der Waals surface area contributed by atoms with Crippen molar-refractivity contribution in [3.63, 3.8) is 0 Å². The smallest absolute Gasteiger partial charge is 0.459 e. The van der Waals surface area contributed by atoms with Crippen molar-refractivity contribution in [1.82, 2.24) is 24.6 Å². The van der Waals surface area contributed by atoms with Gasteiger partial charge in [-0.15, -0.1) is 0 Å². The summed E-state index contributed by atoms with van der Waals surface area (Å²) in [6, 6.07) is 6.53. The SMILES string of the molecule is CCNc1nc(N)nc2c1ncn2[C@@H]1O[C@](F)(CO[P@@](=O)(N[C@@H](C)C(=O)OC(C)C)Oc2ccccc2)[C@@H](O)[C@@]1(C)F. The number of hydrogen-bond acceptors (Lipinski definition) is 12. The molecular weight excluding hydrogens is 579 g/mol. The number of nitrogens with zero attached hydrogens (tertiary/aromatic N) is 4. The van der Waals surface area contributed by atoms with E-state index in [9.17, 15) is 14.5 Å². The zero-order valence-corrected chi connectivity index (χ0v) is 24.5. The lowest BCUT2D eigenvalue weighted by Crippen LogP contribution is -2.47. The van der Waals surface area contributed by atoms with Crippen molar-refractivity contribution in [3.8, 4) is 5.75 Å². The summed E-state index contributed by atoms with van der Waals surface area (Å²) in [6.07, 6.45) is -3.57. The molecule has 4 rings (SSSR count). The third kappa shape index (κ3) is 6.47. The lowest BCUT2D eigenvalue weighted by molar-refractivity contribution is -0.202. The molecule has 2 aromatic heterocycles. The molecule has 5 N–H and O–H groups in total. The second-order valence-electron chi connectivity index (χ2n) is 10.1. The molecule has 0 bridgehead atoms. The average Bonchev–Trinajstić information content (AvgIpc) is 3.40. The van der Waals surface area contributed by atoms with Crippen LogP contribution in [-0.4, -0.2) is 73.5 Å². The van der Waals surface area contributed by atoms with Crippen molar-refractivity contribution in [1.29, 1.82) is 0 Å². The Morgan fingerprint density at radius 3 is 2.60 bits per heavy atom. The highest BCUT2D eigenvalue weighted by Gasteiger charge is 2.65. The largest absolute Gasteiger partial charge is 0.462 e. The van der Waals surface area contributed by atoms with Crippen molar-refractivity contribution in [2.75, 3.05) is 24.2 Å². The number of fused-ring (bicyclic) bond motifs is 1. The Morgan fingerprint density at radius 1 is 1.26 bits per heavy atom. The molecule has 0 aliphatic carbocycles. The maximum Gasteiger partial charge on any atom is 0.459 e. The van der Waals surface area contributed by atoms with Crippen molar-refractivity contribution < 1.29 is 41.8 Å². The van der Waals surface area contributed by atoms with E-state index in [-0.39, 0.29) is 28.7 Å². The third-order valence-electron chi connectivity index (χ3n) is 6.23. The number of halogens is 2. The van der Waals surface area contributed by atoms with Crippen LogP contribution in [0.2, 0.25) is 0 Å². The first-order valence-corrected chi connectivity index (χ1v) is 14.7. The van der Waals surface area contributed by atoms with Crippen molar-refractivity contribution >= 4 is 36.6 Å². The number of esters is 1. The van der Waals surface area contributed by atoms with Crippen LogP contribution >= 0.6 is 7.75 Å². The highest BCUT2D eigenvalue weighted by molar-refractivity contribution is 7.52. The number of aliphatic hydroxyl groups excluding tert-OH is 1. The molecule has 230 valence electrons. The Labute approximate surface area is 240 Å². The summed E-state index contributed by atoms with van der Waals surface area (Å²) < 4.78 is 68.4. The summed E-state index contributed by atoms with van der Waals surface area (Å²) in [6.45, 7) is 6.54. The fourth-order valence-corrected chi connectivity index (χ4v) is 5.77. The molecule has 0 amide bonds. The summed E-state index contributed by atoms with van der Waals surface area (Å²) in [5.41, 5.74) is 3.27. The van der Waals surface area contributed by atoms with Gasteiger partial charge in [0.2, 0.25) is 5.95 Å². The second kappa shape index (κ2) is 12.1. The molecule has 1 aromatic carbocycles. The topological polar surface area (TPSA) is 185 Å². The highest BCUT2D eigenvalue weighted by Crippen LogP contribution is 2.52. The van der Waals surface area contributed by atoms with Crippen LogP contribution in [0, 0.1) is 0 Å². The summed E-state index contributed by atoms with van der Waals surface area (Å²) in [5, 5.41) is 16.1. The third-order valence-corrected chi connectivity index (χ3v) is 7.85. The Morgan fingerprint density at radius 2 is 1.95 bits per heavy atom. The minimum Gasteiger partial charge on any atom is -0.462 e. The summed E-state index contributed by atoms with van der Waals surface area (Å²) in [4.78, 5) is 24.7. The molecule has 1 aliphatic rings. The lowest BCUT2D eigenvalue weighted by atomic mass is 9.97. The van der Waals surface area contributed by atoms with Gasteiger partial charge in [-0.3, -0.25) is 13.9 Å². The Kier molecular flexibility index (Phi) is 9.04. The standard InChI is InChI=1S/C25H34F2N7O7P/c1-6-29-18-17-19(32-23(28)31-18)34(13-30-17)22-24(5,26)21(36)25(27,40-22)12-38-42(37,41-16-10-8-7-9-11-16)33-15(4)20(35)39-14(2)3/h7-11,13-15,21-22,36H,6,12H2,1-5H3,(H,33,37)(H3,28,29,31,32)/t15-,21-,22+,24+,25+,42-/m0/s1. The van der Waals surface area contributed by atoms with Gasteiger partial charge in [-0.05, 0) is 46.8 Å². The number of para-hydroxylation sites is 1. The van der Waals surface area contributed by atoms with Crippen LogP contribution in [0.5, 0.6) is 5.75 Å². The van der Waals surface area contributed by atoms with Gasteiger partial charge in [0.1, 0.15) is 18.4 Å². The molecule has 42 heavy (non-hydrogen) atoms. The second-order valence-corrected chi connectivity index (χ2v) is 11.8.